The summed E-state index contributed by atoms with van der Waals surface area (Å²) in [5, 5.41) is 0. The van der Waals surface area contributed by atoms with Gasteiger partial charge in [-0.3, -0.25) is 9.69 Å². The summed E-state index contributed by atoms with van der Waals surface area (Å²) in [4.78, 5) is 18.1. The van der Waals surface area contributed by atoms with Crippen LogP contribution < -0.4 is 9.47 Å². The maximum atomic E-state index is 13.4. The Hall–Kier alpha value is -1.75. The Balaban J connectivity index is 1.45. The molecule has 2 aliphatic heterocycles. The largest absolute Gasteiger partial charge is 0.497 e. The summed E-state index contributed by atoms with van der Waals surface area (Å²) in [6, 6.07) is 6.80. The monoisotopic (exact) mass is 386 g/mol. The zero-order valence-corrected chi connectivity index (χ0v) is 17.4. The van der Waals surface area contributed by atoms with E-state index >= 15 is 0 Å². The Bertz CT molecular complexity index is 686. The lowest BCUT2D eigenvalue weighted by Crippen LogP contribution is -2.39. The zero-order valence-electron chi connectivity index (χ0n) is 17.4. The number of ether oxygens (including phenoxy) is 2. The topological polar surface area (TPSA) is 42.0 Å². The van der Waals surface area contributed by atoms with Crippen LogP contribution in [0.1, 0.15) is 63.0 Å². The minimum atomic E-state index is 0.122. The van der Waals surface area contributed by atoms with Crippen molar-refractivity contribution < 1.29 is 14.3 Å². The summed E-state index contributed by atoms with van der Waals surface area (Å²) in [5.74, 6) is 2.11. The van der Waals surface area contributed by atoms with Gasteiger partial charge in [0.2, 0.25) is 5.91 Å². The van der Waals surface area contributed by atoms with Crippen LogP contribution in [0.3, 0.4) is 0 Å². The Labute approximate surface area is 169 Å². The van der Waals surface area contributed by atoms with Gasteiger partial charge in [-0.25, -0.2) is 0 Å². The fourth-order valence-corrected chi connectivity index (χ4v) is 5.45. The van der Waals surface area contributed by atoms with Crippen LogP contribution in [0.25, 0.3) is 0 Å². The molecule has 1 amide bonds. The number of hydrogen-bond acceptors (Lipinski definition) is 4. The van der Waals surface area contributed by atoms with E-state index in [4.69, 9.17) is 9.47 Å². The highest BCUT2D eigenvalue weighted by molar-refractivity contribution is 5.80. The molecule has 1 aliphatic carbocycles. The highest BCUT2D eigenvalue weighted by atomic mass is 16.5. The summed E-state index contributed by atoms with van der Waals surface area (Å²) >= 11 is 0. The molecule has 1 aromatic rings. The van der Waals surface area contributed by atoms with Gasteiger partial charge < -0.3 is 14.4 Å². The lowest BCUT2D eigenvalue weighted by Gasteiger charge is -2.32. The van der Waals surface area contributed by atoms with Crippen molar-refractivity contribution >= 4 is 5.91 Å². The van der Waals surface area contributed by atoms with Gasteiger partial charge in [0.25, 0.3) is 0 Å². The van der Waals surface area contributed by atoms with E-state index < -0.39 is 0 Å². The van der Waals surface area contributed by atoms with Crippen LogP contribution in [-0.4, -0.2) is 55.6 Å². The lowest BCUT2D eigenvalue weighted by molar-refractivity contribution is -0.136. The van der Waals surface area contributed by atoms with Crippen molar-refractivity contribution in [1.82, 2.24) is 9.80 Å². The van der Waals surface area contributed by atoms with Gasteiger partial charge >= 0.3 is 0 Å². The van der Waals surface area contributed by atoms with E-state index in [-0.39, 0.29) is 12.0 Å². The molecule has 4 rings (SSSR count). The number of rotatable bonds is 5. The van der Waals surface area contributed by atoms with E-state index in [1.165, 1.54) is 32.1 Å². The second-order valence-electron chi connectivity index (χ2n) is 8.57. The van der Waals surface area contributed by atoms with Crippen LogP contribution in [0.5, 0.6) is 11.5 Å². The smallest absolute Gasteiger partial charge is 0.227 e. The molecule has 154 valence electrons. The van der Waals surface area contributed by atoms with Crippen LogP contribution in [0.2, 0.25) is 0 Å². The molecule has 1 saturated carbocycles. The van der Waals surface area contributed by atoms with Crippen molar-refractivity contribution in [2.24, 2.45) is 5.92 Å². The molecule has 1 aromatic carbocycles. The maximum absolute atomic E-state index is 13.4. The van der Waals surface area contributed by atoms with Gasteiger partial charge in [0, 0.05) is 30.8 Å². The first-order valence-corrected chi connectivity index (χ1v) is 11.0. The summed E-state index contributed by atoms with van der Waals surface area (Å²) in [7, 11) is 3.36. The second-order valence-corrected chi connectivity index (χ2v) is 8.57. The molecule has 0 unspecified atom stereocenters. The van der Waals surface area contributed by atoms with Crippen LogP contribution in [0, 0.1) is 5.92 Å². The number of carbonyl (C=O) groups excluding carboxylic acids is 1. The zero-order chi connectivity index (χ0) is 19.5. The molecule has 3 fully saturated rings. The molecule has 5 nitrogen and oxygen atoms in total. The molecule has 3 aliphatic rings. The summed E-state index contributed by atoms with van der Waals surface area (Å²) in [5.41, 5.74) is 1.11. The molecule has 0 N–H and O–H groups in total. The minimum absolute atomic E-state index is 0.122. The van der Waals surface area contributed by atoms with Crippen molar-refractivity contribution in [2.75, 3.05) is 33.9 Å². The Morgan fingerprint density at radius 2 is 1.79 bits per heavy atom. The fraction of sp³-hybridized carbons (Fsp3) is 0.696. The van der Waals surface area contributed by atoms with Crippen LogP contribution in [0.15, 0.2) is 18.2 Å². The van der Waals surface area contributed by atoms with Crippen molar-refractivity contribution in [3.05, 3.63) is 23.8 Å². The quantitative estimate of drug-likeness (QED) is 0.766. The Kier molecular flexibility index (Phi) is 6.10. The lowest BCUT2D eigenvalue weighted by atomic mass is 9.94. The van der Waals surface area contributed by atoms with Crippen molar-refractivity contribution in [1.29, 1.82) is 0 Å². The molecule has 0 aromatic heterocycles. The molecule has 0 radical (unpaired) electrons. The van der Waals surface area contributed by atoms with Gasteiger partial charge in [-0.05, 0) is 50.8 Å². The number of likely N-dealkylation sites (tertiary alicyclic amines) is 2. The predicted octanol–water partition coefficient (Wildman–Crippen LogP) is 4.02. The molecule has 2 saturated heterocycles. The molecule has 0 bridgehead atoms. The van der Waals surface area contributed by atoms with E-state index in [1.54, 1.807) is 14.2 Å². The summed E-state index contributed by atoms with van der Waals surface area (Å²) in [6.07, 6.45) is 9.80. The van der Waals surface area contributed by atoms with Gasteiger partial charge in [0.15, 0.2) is 0 Å². The first-order chi connectivity index (χ1) is 13.7. The van der Waals surface area contributed by atoms with Crippen LogP contribution in [-0.2, 0) is 4.79 Å². The predicted molar refractivity (Wildman–Crippen MR) is 110 cm³/mol. The number of carbonyl (C=O) groups is 1. The summed E-state index contributed by atoms with van der Waals surface area (Å²) in [6.45, 7) is 2.90. The normalized spacial score (nSPS) is 26.6. The molecular weight excluding hydrogens is 352 g/mol. The SMILES string of the molecule is COc1ccc([C@@H]2CCCN2C(=O)[C@@H]2CCN(C3CCCCC3)C2)c(OC)c1. The molecule has 0 spiro atoms. The van der Waals surface area contributed by atoms with Crippen LogP contribution >= 0.6 is 0 Å². The first kappa shape index (κ1) is 19.6. The number of benzene rings is 1. The molecular formula is C23H34N2O3. The number of nitrogens with zero attached hydrogens (tertiary/aromatic N) is 2. The fourth-order valence-electron chi connectivity index (χ4n) is 5.45. The van der Waals surface area contributed by atoms with E-state index in [0.717, 1.165) is 56.0 Å². The maximum Gasteiger partial charge on any atom is 0.227 e. The third kappa shape index (κ3) is 3.86. The minimum Gasteiger partial charge on any atom is -0.497 e. The van der Waals surface area contributed by atoms with Crippen molar-refractivity contribution in [2.45, 2.75) is 63.5 Å². The molecule has 28 heavy (non-hydrogen) atoms. The Morgan fingerprint density at radius 1 is 0.964 bits per heavy atom. The van der Waals surface area contributed by atoms with Gasteiger partial charge in [0.1, 0.15) is 11.5 Å². The third-order valence-corrected chi connectivity index (χ3v) is 7.00. The van der Waals surface area contributed by atoms with E-state index in [0.29, 0.717) is 11.9 Å². The van der Waals surface area contributed by atoms with Crippen LogP contribution in [0.4, 0.5) is 0 Å². The number of methoxy groups -OCH3 is 2. The molecule has 2 heterocycles. The van der Waals surface area contributed by atoms with E-state index in [2.05, 4.69) is 15.9 Å². The second kappa shape index (κ2) is 8.73. The average molecular weight is 387 g/mol. The standard InChI is InChI=1S/C23H34N2O3/c1-27-19-10-11-20(22(15-19)28-2)21-9-6-13-25(21)23(26)17-12-14-24(16-17)18-7-4-3-5-8-18/h10-11,15,17-18,21H,3-9,12-14,16H2,1-2H3/t17-,21+/m1/s1. The first-order valence-electron chi connectivity index (χ1n) is 11.0. The Morgan fingerprint density at radius 3 is 2.54 bits per heavy atom. The highest BCUT2D eigenvalue weighted by Crippen LogP contribution is 2.40. The van der Waals surface area contributed by atoms with Gasteiger partial charge in [-0.1, -0.05) is 19.3 Å². The van der Waals surface area contributed by atoms with E-state index in [1.807, 2.05) is 12.1 Å². The van der Waals surface area contributed by atoms with Gasteiger partial charge in [-0.15, -0.1) is 0 Å². The van der Waals surface area contributed by atoms with E-state index in [9.17, 15) is 4.79 Å². The van der Waals surface area contributed by atoms with Crippen molar-refractivity contribution in [3.63, 3.8) is 0 Å². The highest BCUT2D eigenvalue weighted by Gasteiger charge is 2.39. The third-order valence-electron chi connectivity index (χ3n) is 7.00. The van der Waals surface area contributed by atoms with Gasteiger partial charge in [0.05, 0.1) is 26.2 Å². The number of amides is 1. The molecule has 5 heteroatoms. The number of hydrogen-bond donors (Lipinski definition) is 0. The molecule has 2 atom stereocenters. The summed E-state index contributed by atoms with van der Waals surface area (Å²) < 4.78 is 11.0. The van der Waals surface area contributed by atoms with Crippen molar-refractivity contribution in [3.8, 4) is 11.5 Å². The van der Waals surface area contributed by atoms with Gasteiger partial charge in [-0.2, -0.15) is 0 Å². The average Bonchev–Trinajstić information content (AvgIpc) is 3.43.